The fraction of sp³-hybridized carbons (Fsp3) is 0.176. The van der Waals surface area contributed by atoms with Gasteiger partial charge in [-0.05, 0) is 30.3 Å². The highest BCUT2D eigenvalue weighted by Gasteiger charge is 2.16. The number of sulfone groups is 1. The number of furan rings is 1. The summed E-state index contributed by atoms with van der Waals surface area (Å²) < 4.78 is 29.5. The van der Waals surface area contributed by atoms with E-state index in [1.54, 1.807) is 31.2 Å². The summed E-state index contributed by atoms with van der Waals surface area (Å²) in [6, 6.07) is 14.0. The Bertz CT molecular complexity index is 905. The summed E-state index contributed by atoms with van der Waals surface area (Å²) in [5.74, 6) is 0.642. The van der Waals surface area contributed by atoms with Crippen LogP contribution in [0.4, 0.5) is 0 Å². The molecule has 1 aromatic heterocycles. The predicted molar refractivity (Wildman–Crippen MR) is 85.3 cm³/mol. The number of para-hydroxylation sites is 1. The predicted octanol–water partition coefficient (Wildman–Crippen LogP) is 3.39. The van der Waals surface area contributed by atoms with Crippen molar-refractivity contribution in [3.8, 4) is 11.3 Å². The lowest BCUT2D eigenvalue weighted by Crippen LogP contribution is -2.03. The Kier molecular flexibility index (Phi) is 3.76. The molecule has 2 aromatic carbocycles. The first kappa shape index (κ1) is 14.8. The summed E-state index contributed by atoms with van der Waals surface area (Å²) in [5, 5.41) is 10.5. The molecule has 0 aliphatic heterocycles. The molecule has 0 saturated carbocycles. The summed E-state index contributed by atoms with van der Waals surface area (Å²) in [7, 11) is -3.22. The van der Waals surface area contributed by atoms with E-state index in [0.717, 1.165) is 10.9 Å². The third-order valence-corrected chi connectivity index (χ3v) is 5.46. The SMILES string of the molecule is CCS(=O)(=O)c1ccc(-c2oc3ccccc3c2CO)cc1. The quantitative estimate of drug-likeness (QED) is 0.801. The summed E-state index contributed by atoms with van der Waals surface area (Å²) in [5.41, 5.74) is 2.16. The molecule has 1 N–H and O–H groups in total. The molecule has 5 heteroatoms. The first-order valence-corrected chi connectivity index (χ1v) is 8.66. The van der Waals surface area contributed by atoms with Crippen molar-refractivity contribution in [2.24, 2.45) is 0 Å². The molecule has 0 aliphatic rings. The van der Waals surface area contributed by atoms with E-state index in [2.05, 4.69) is 0 Å². The maximum Gasteiger partial charge on any atom is 0.178 e. The number of benzene rings is 2. The monoisotopic (exact) mass is 316 g/mol. The number of hydrogen-bond acceptors (Lipinski definition) is 4. The molecule has 0 radical (unpaired) electrons. The van der Waals surface area contributed by atoms with Gasteiger partial charge in [0, 0.05) is 16.5 Å². The zero-order chi connectivity index (χ0) is 15.7. The van der Waals surface area contributed by atoms with E-state index in [-0.39, 0.29) is 12.4 Å². The molecule has 0 amide bonds. The Balaban J connectivity index is 2.12. The van der Waals surface area contributed by atoms with E-state index in [4.69, 9.17) is 4.42 Å². The average Bonchev–Trinajstić information content (AvgIpc) is 2.93. The number of aliphatic hydroxyl groups is 1. The molecule has 0 spiro atoms. The van der Waals surface area contributed by atoms with Crippen molar-refractivity contribution in [3.05, 3.63) is 54.1 Å². The highest BCUT2D eigenvalue weighted by molar-refractivity contribution is 7.91. The maximum absolute atomic E-state index is 11.8. The molecule has 3 rings (SSSR count). The van der Waals surface area contributed by atoms with E-state index in [1.165, 1.54) is 0 Å². The molecule has 0 aliphatic carbocycles. The maximum atomic E-state index is 11.8. The second-order valence-electron chi connectivity index (χ2n) is 4.99. The summed E-state index contributed by atoms with van der Waals surface area (Å²) >= 11 is 0. The molecule has 0 unspecified atom stereocenters. The fourth-order valence-electron chi connectivity index (χ4n) is 2.47. The standard InChI is InChI=1S/C17H16O4S/c1-2-22(19,20)13-9-7-12(8-10-13)17-15(11-18)14-5-3-4-6-16(14)21-17/h3-10,18H,2,11H2,1H3. The van der Waals surface area contributed by atoms with Crippen LogP contribution in [0.25, 0.3) is 22.3 Å². The molecule has 114 valence electrons. The number of fused-ring (bicyclic) bond motifs is 1. The lowest BCUT2D eigenvalue weighted by atomic mass is 10.1. The van der Waals surface area contributed by atoms with Gasteiger partial charge in [-0.2, -0.15) is 0 Å². The molecule has 0 fully saturated rings. The van der Waals surface area contributed by atoms with Crippen LogP contribution in [0.3, 0.4) is 0 Å². The molecular formula is C17H16O4S. The van der Waals surface area contributed by atoms with Gasteiger partial charge in [0.15, 0.2) is 9.84 Å². The Hall–Kier alpha value is -2.11. The van der Waals surface area contributed by atoms with Gasteiger partial charge in [-0.1, -0.05) is 25.1 Å². The number of rotatable bonds is 4. The Morgan fingerprint density at radius 1 is 1.05 bits per heavy atom. The molecular weight excluding hydrogens is 300 g/mol. The second-order valence-corrected chi connectivity index (χ2v) is 7.27. The molecule has 0 saturated heterocycles. The van der Waals surface area contributed by atoms with Gasteiger partial charge in [0.1, 0.15) is 11.3 Å². The van der Waals surface area contributed by atoms with Crippen molar-refractivity contribution in [3.63, 3.8) is 0 Å². The highest BCUT2D eigenvalue weighted by atomic mass is 32.2. The molecule has 1 heterocycles. The van der Waals surface area contributed by atoms with Gasteiger partial charge in [0.05, 0.1) is 17.3 Å². The third-order valence-electron chi connectivity index (χ3n) is 3.71. The van der Waals surface area contributed by atoms with Crippen LogP contribution in [0, 0.1) is 0 Å². The van der Waals surface area contributed by atoms with Crippen molar-refractivity contribution < 1.29 is 17.9 Å². The van der Waals surface area contributed by atoms with Crippen LogP contribution < -0.4 is 0 Å². The van der Waals surface area contributed by atoms with Gasteiger partial charge in [-0.3, -0.25) is 0 Å². The highest BCUT2D eigenvalue weighted by Crippen LogP contribution is 2.34. The first-order valence-electron chi connectivity index (χ1n) is 7.01. The lowest BCUT2D eigenvalue weighted by molar-refractivity contribution is 0.282. The van der Waals surface area contributed by atoms with Gasteiger partial charge in [0.2, 0.25) is 0 Å². The van der Waals surface area contributed by atoms with E-state index < -0.39 is 9.84 Å². The minimum absolute atomic E-state index is 0.0683. The summed E-state index contributed by atoms with van der Waals surface area (Å²) in [6.45, 7) is 1.48. The first-order chi connectivity index (χ1) is 10.6. The van der Waals surface area contributed by atoms with Gasteiger partial charge >= 0.3 is 0 Å². The lowest BCUT2D eigenvalue weighted by Gasteiger charge is -2.04. The Labute approximate surface area is 128 Å². The number of aliphatic hydroxyl groups excluding tert-OH is 1. The zero-order valence-electron chi connectivity index (χ0n) is 12.1. The second kappa shape index (κ2) is 5.59. The summed E-state index contributed by atoms with van der Waals surface area (Å²) in [4.78, 5) is 0.292. The molecule has 22 heavy (non-hydrogen) atoms. The van der Waals surface area contributed by atoms with Crippen LogP contribution >= 0.6 is 0 Å². The average molecular weight is 316 g/mol. The van der Waals surface area contributed by atoms with Crippen molar-refractivity contribution in [1.82, 2.24) is 0 Å². The van der Waals surface area contributed by atoms with Crippen LogP contribution in [0.2, 0.25) is 0 Å². The van der Waals surface area contributed by atoms with Gasteiger partial charge in [-0.15, -0.1) is 0 Å². The van der Waals surface area contributed by atoms with Crippen molar-refractivity contribution in [1.29, 1.82) is 0 Å². The minimum Gasteiger partial charge on any atom is -0.456 e. The van der Waals surface area contributed by atoms with Crippen molar-refractivity contribution in [2.75, 3.05) is 5.75 Å². The minimum atomic E-state index is -3.22. The zero-order valence-corrected chi connectivity index (χ0v) is 12.9. The molecule has 0 bridgehead atoms. The Morgan fingerprint density at radius 2 is 1.73 bits per heavy atom. The van der Waals surface area contributed by atoms with Crippen LogP contribution in [0.1, 0.15) is 12.5 Å². The van der Waals surface area contributed by atoms with E-state index in [0.29, 0.717) is 21.8 Å². The van der Waals surface area contributed by atoms with Gasteiger partial charge < -0.3 is 9.52 Å². The normalized spacial score (nSPS) is 11.9. The third kappa shape index (κ3) is 2.42. The largest absolute Gasteiger partial charge is 0.456 e. The van der Waals surface area contributed by atoms with E-state index >= 15 is 0 Å². The fourth-order valence-corrected chi connectivity index (χ4v) is 3.35. The summed E-state index contributed by atoms with van der Waals surface area (Å²) in [6.07, 6.45) is 0. The van der Waals surface area contributed by atoms with Crippen molar-refractivity contribution >= 4 is 20.8 Å². The van der Waals surface area contributed by atoms with Crippen LogP contribution in [0.5, 0.6) is 0 Å². The molecule has 0 atom stereocenters. The van der Waals surface area contributed by atoms with Crippen LogP contribution in [-0.2, 0) is 16.4 Å². The van der Waals surface area contributed by atoms with E-state index in [1.807, 2.05) is 24.3 Å². The molecule has 4 nitrogen and oxygen atoms in total. The topological polar surface area (TPSA) is 67.5 Å². The van der Waals surface area contributed by atoms with Crippen LogP contribution in [-0.4, -0.2) is 19.3 Å². The molecule has 3 aromatic rings. The number of hydrogen-bond donors (Lipinski definition) is 1. The Morgan fingerprint density at radius 3 is 2.36 bits per heavy atom. The smallest absolute Gasteiger partial charge is 0.178 e. The van der Waals surface area contributed by atoms with Crippen molar-refractivity contribution in [2.45, 2.75) is 18.4 Å². The van der Waals surface area contributed by atoms with E-state index in [9.17, 15) is 13.5 Å². The van der Waals surface area contributed by atoms with Crippen LogP contribution in [0.15, 0.2) is 57.8 Å². The van der Waals surface area contributed by atoms with Gasteiger partial charge in [-0.25, -0.2) is 8.42 Å². The van der Waals surface area contributed by atoms with Gasteiger partial charge in [0.25, 0.3) is 0 Å².